The van der Waals surface area contributed by atoms with Crippen LogP contribution in [-0.4, -0.2) is 11.5 Å². The van der Waals surface area contributed by atoms with Crippen LogP contribution >= 0.6 is 8.25 Å². The predicted octanol–water partition coefficient (Wildman–Crippen LogP) is 2.38. The van der Waals surface area contributed by atoms with E-state index in [1.807, 2.05) is 0 Å². The van der Waals surface area contributed by atoms with Crippen LogP contribution in [0.25, 0.3) is 0 Å². The van der Waals surface area contributed by atoms with Gasteiger partial charge in [0.2, 0.25) is 0 Å². The molecule has 0 aromatic heterocycles. The first-order valence-electron chi connectivity index (χ1n) is 4.15. The third kappa shape index (κ3) is 4.70. The van der Waals surface area contributed by atoms with Gasteiger partial charge in [-0.15, -0.1) is 0 Å². The molecular formula is C8H17O3P. The normalized spacial score (nSPS) is 13.3. The van der Waals surface area contributed by atoms with E-state index in [4.69, 9.17) is 4.89 Å². The van der Waals surface area contributed by atoms with E-state index in [2.05, 4.69) is 25.0 Å². The van der Waals surface area contributed by atoms with Gasteiger partial charge in [-0.2, -0.15) is 0 Å². The van der Waals surface area contributed by atoms with Gasteiger partial charge in [0.15, 0.2) is 0 Å². The van der Waals surface area contributed by atoms with Gasteiger partial charge >= 0.3 is 8.25 Å². The van der Waals surface area contributed by atoms with Gasteiger partial charge in [-0.05, 0) is 24.3 Å². The molecule has 0 aliphatic rings. The molecule has 0 spiro atoms. The third-order valence-corrected chi connectivity index (χ3v) is 2.34. The Labute approximate surface area is 74.4 Å². The monoisotopic (exact) mass is 192 g/mol. The fourth-order valence-electron chi connectivity index (χ4n) is 1.14. The summed E-state index contributed by atoms with van der Waals surface area (Å²) in [6, 6.07) is 0. The van der Waals surface area contributed by atoms with Gasteiger partial charge in [0.05, 0.1) is 6.61 Å². The first-order chi connectivity index (χ1) is 5.61. The third-order valence-electron chi connectivity index (χ3n) is 1.94. The lowest BCUT2D eigenvalue weighted by atomic mass is 9.96. The van der Waals surface area contributed by atoms with Crippen molar-refractivity contribution in [3.63, 3.8) is 0 Å². The van der Waals surface area contributed by atoms with Crippen molar-refractivity contribution in [2.75, 3.05) is 6.61 Å². The molecule has 1 unspecified atom stereocenters. The molecule has 0 amide bonds. The van der Waals surface area contributed by atoms with Crippen molar-refractivity contribution in [2.24, 2.45) is 5.92 Å². The summed E-state index contributed by atoms with van der Waals surface area (Å²) in [5.41, 5.74) is 0.910. The molecule has 1 atom stereocenters. The van der Waals surface area contributed by atoms with E-state index < -0.39 is 8.25 Å². The van der Waals surface area contributed by atoms with E-state index in [1.165, 1.54) is 0 Å². The molecule has 12 heavy (non-hydrogen) atoms. The second kappa shape index (κ2) is 6.41. The molecular weight excluding hydrogens is 175 g/mol. The van der Waals surface area contributed by atoms with Crippen molar-refractivity contribution < 1.29 is 14.0 Å². The zero-order chi connectivity index (χ0) is 9.56. The lowest BCUT2D eigenvalue weighted by Crippen LogP contribution is -2.04. The molecule has 3 nitrogen and oxygen atoms in total. The van der Waals surface area contributed by atoms with E-state index in [0.717, 1.165) is 18.4 Å². The molecule has 0 aliphatic heterocycles. The summed E-state index contributed by atoms with van der Waals surface area (Å²) in [6.07, 6.45) is 2.01. The van der Waals surface area contributed by atoms with E-state index in [0.29, 0.717) is 5.92 Å². The first-order valence-corrected chi connectivity index (χ1v) is 5.41. The quantitative estimate of drug-likeness (QED) is 0.519. The largest absolute Gasteiger partial charge is 0.326 e. The van der Waals surface area contributed by atoms with E-state index in [-0.39, 0.29) is 6.61 Å². The Morgan fingerprint density at radius 1 is 1.58 bits per heavy atom. The van der Waals surface area contributed by atoms with E-state index in [1.54, 1.807) is 0 Å². The minimum atomic E-state index is -2.79. The van der Waals surface area contributed by atoms with Gasteiger partial charge in [-0.1, -0.05) is 20.4 Å². The summed E-state index contributed by atoms with van der Waals surface area (Å²) in [6.45, 7) is 8.16. The number of hydrogen-bond donors (Lipinski definition) is 1. The van der Waals surface area contributed by atoms with Crippen molar-refractivity contribution in [3.05, 3.63) is 12.2 Å². The van der Waals surface area contributed by atoms with Crippen LogP contribution in [0.1, 0.15) is 26.7 Å². The highest BCUT2D eigenvalue weighted by Gasteiger charge is 2.08. The van der Waals surface area contributed by atoms with Crippen LogP contribution in [0.4, 0.5) is 0 Å². The molecule has 72 valence electrons. The summed E-state index contributed by atoms with van der Waals surface area (Å²) in [7, 11) is -2.79. The summed E-state index contributed by atoms with van der Waals surface area (Å²) in [5, 5.41) is 0. The minimum Gasteiger partial charge on any atom is -0.326 e. The highest BCUT2D eigenvalue weighted by Crippen LogP contribution is 2.22. The van der Waals surface area contributed by atoms with Gasteiger partial charge in [0.1, 0.15) is 0 Å². The van der Waals surface area contributed by atoms with Crippen LogP contribution in [0.15, 0.2) is 12.2 Å². The summed E-state index contributed by atoms with van der Waals surface area (Å²) in [5.74, 6) is 0.409. The molecule has 0 fully saturated rings. The topological polar surface area (TPSA) is 46.5 Å². The lowest BCUT2D eigenvalue weighted by molar-refractivity contribution is 0.293. The standard InChI is InChI=1S/C8H17O3P/c1-4-8(5-2)7(3)6-11-12(9)10/h8,12H,3-6H2,1-2H3,(H,9,10). The average molecular weight is 192 g/mol. The molecule has 0 saturated carbocycles. The van der Waals surface area contributed by atoms with Crippen LogP contribution in [0.2, 0.25) is 0 Å². The Bertz CT molecular complexity index is 164. The second-order valence-electron chi connectivity index (χ2n) is 2.73. The smallest absolute Gasteiger partial charge is 0.316 e. The van der Waals surface area contributed by atoms with Gasteiger partial charge in [0.25, 0.3) is 0 Å². The molecule has 0 aromatic rings. The van der Waals surface area contributed by atoms with E-state index >= 15 is 0 Å². The van der Waals surface area contributed by atoms with Crippen LogP contribution in [-0.2, 0) is 9.09 Å². The Kier molecular flexibility index (Phi) is 6.35. The highest BCUT2D eigenvalue weighted by molar-refractivity contribution is 7.32. The van der Waals surface area contributed by atoms with E-state index in [9.17, 15) is 4.57 Å². The van der Waals surface area contributed by atoms with Crippen molar-refractivity contribution in [3.8, 4) is 0 Å². The second-order valence-corrected chi connectivity index (χ2v) is 3.55. The molecule has 0 aliphatic carbocycles. The number of hydrogen-bond acceptors (Lipinski definition) is 2. The van der Waals surface area contributed by atoms with Crippen molar-refractivity contribution >= 4 is 8.25 Å². The Hall–Kier alpha value is -0.110. The summed E-state index contributed by atoms with van der Waals surface area (Å²) < 4.78 is 14.8. The van der Waals surface area contributed by atoms with Crippen LogP contribution < -0.4 is 0 Å². The lowest BCUT2D eigenvalue weighted by Gasteiger charge is -2.14. The molecule has 0 saturated heterocycles. The van der Waals surface area contributed by atoms with Crippen LogP contribution in [0.5, 0.6) is 0 Å². The van der Waals surface area contributed by atoms with Crippen molar-refractivity contribution in [2.45, 2.75) is 26.7 Å². The SMILES string of the molecule is C=C(CO[PH](=O)O)C(CC)CC. The molecule has 0 radical (unpaired) electrons. The Morgan fingerprint density at radius 2 is 2.08 bits per heavy atom. The fourth-order valence-corrected chi connectivity index (χ4v) is 1.45. The highest BCUT2D eigenvalue weighted by atomic mass is 31.1. The Morgan fingerprint density at radius 3 is 2.42 bits per heavy atom. The zero-order valence-corrected chi connectivity index (χ0v) is 8.67. The maximum atomic E-state index is 10.2. The molecule has 4 heteroatoms. The van der Waals surface area contributed by atoms with Crippen LogP contribution in [0.3, 0.4) is 0 Å². The average Bonchev–Trinajstić information content (AvgIpc) is 2.03. The molecule has 0 heterocycles. The summed E-state index contributed by atoms with van der Waals surface area (Å²) in [4.78, 5) is 8.41. The van der Waals surface area contributed by atoms with Gasteiger partial charge in [-0.3, -0.25) is 4.57 Å². The predicted molar refractivity (Wildman–Crippen MR) is 50.4 cm³/mol. The van der Waals surface area contributed by atoms with Crippen molar-refractivity contribution in [1.29, 1.82) is 0 Å². The van der Waals surface area contributed by atoms with Crippen LogP contribution in [0, 0.1) is 5.92 Å². The maximum absolute atomic E-state index is 10.2. The summed E-state index contributed by atoms with van der Waals surface area (Å²) >= 11 is 0. The first kappa shape index (κ1) is 11.9. The molecule has 0 aromatic carbocycles. The number of rotatable bonds is 6. The zero-order valence-electron chi connectivity index (χ0n) is 7.67. The fraction of sp³-hybridized carbons (Fsp3) is 0.750. The molecule has 0 rings (SSSR count). The van der Waals surface area contributed by atoms with Gasteiger partial charge < -0.3 is 9.42 Å². The maximum Gasteiger partial charge on any atom is 0.316 e. The van der Waals surface area contributed by atoms with Gasteiger partial charge in [-0.25, -0.2) is 0 Å². The Balaban J connectivity index is 3.77. The van der Waals surface area contributed by atoms with Crippen molar-refractivity contribution in [1.82, 2.24) is 0 Å². The minimum absolute atomic E-state index is 0.209. The molecule has 1 N–H and O–H groups in total. The molecule has 0 bridgehead atoms. The van der Waals surface area contributed by atoms with Gasteiger partial charge in [0, 0.05) is 0 Å².